The summed E-state index contributed by atoms with van der Waals surface area (Å²) in [5, 5.41) is 2.01. The van der Waals surface area contributed by atoms with Crippen molar-refractivity contribution in [1.29, 1.82) is 0 Å². The van der Waals surface area contributed by atoms with E-state index in [-0.39, 0.29) is 11.2 Å². The fourth-order valence-electron chi connectivity index (χ4n) is 2.58. The van der Waals surface area contributed by atoms with E-state index in [1.807, 2.05) is 17.5 Å². The number of ether oxygens (including phenoxy) is 1. The molecule has 18 heavy (non-hydrogen) atoms. The van der Waals surface area contributed by atoms with E-state index in [4.69, 9.17) is 15.4 Å². The summed E-state index contributed by atoms with van der Waals surface area (Å²) in [6.07, 6.45) is 3.91. The fourth-order valence-corrected chi connectivity index (χ4v) is 5.02. The van der Waals surface area contributed by atoms with Crippen molar-refractivity contribution in [2.24, 2.45) is 5.41 Å². The van der Waals surface area contributed by atoms with Crippen molar-refractivity contribution >= 4 is 31.1 Å². The molecule has 1 aliphatic rings. The Hall–Kier alpha value is -0.100. The molecule has 102 valence electrons. The highest BCUT2D eigenvalue weighted by Crippen LogP contribution is 2.40. The summed E-state index contributed by atoms with van der Waals surface area (Å²) in [6, 6.07) is 4.00. The van der Waals surface area contributed by atoms with E-state index in [1.165, 1.54) is 0 Å². The summed E-state index contributed by atoms with van der Waals surface area (Å²) in [7, 11) is 1.94. The van der Waals surface area contributed by atoms with Crippen LogP contribution in [0.2, 0.25) is 0 Å². The predicted octanol–water partition coefficient (Wildman–Crippen LogP) is 3.39. The zero-order valence-corrected chi connectivity index (χ0v) is 12.5. The monoisotopic (exact) mass is 308 g/mol. The number of thiophene rings is 1. The minimum Gasteiger partial charge on any atom is -0.375 e. The average molecular weight is 309 g/mol. The van der Waals surface area contributed by atoms with Crippen LogP contribution in [0.3, 0.4) is 0 Å². The molecule has 0 amide bonds. The summed E-state index contributed by atoms with van der Waals surface area (Å²) in [5.74, 6) is 0.0337. The molecule has 1 saturated carbocycles. The molecule has 0 N–H and O–H groups in total. The number of hydrogen-bond donors (Lipinski definition) is 0. The highest BCUT2D eigenvalue weighted by Gasteiger charge is 2.38. The van der Waals surface area contributed by atoms with E-state index in [1.54, 1.807) is 11.3 Å². The summed E-state index contributed by atoms with van der Waals surface area (Å²) in [4.78, 5) is 1.16. The third-order valence-electron chi connectivity index (χ3n) is 3.38. The lowest BCUT2D eigenvalue weighted by molar-refractivity contribution is 0.0488. The molecule has 0 radical (unpaired) electrons. The van der Waals surface area contributed by atoms with Crippen molar-refractivity contribution in [3.8, 4) is 0 Å². The van der Waals surface area contributed by atoms with Crippen LogP contribution in [-0.4, -0.2) is 20.8 Å². The molecule has 0 bridgehead atoms. The van der Waals surface area contributed by atoms with Crippen molar-refractivity contribution < 1.29 is 13.2 Å². The van der Waals surface area contributed by atoms with Crippen LogP contribution in [0.5, 0.6) is 0 Å². The molecule has 0 spiro atoms. The first-order valence-corrected chi connectivity index (χ1v) is 9.37. The molecule has 0 atom stereocenters. The molecule has 2 rings (SSSR count). The lowest BCUT2D eigenvalue weighted by Crippen LogP contribution is -2.30. The Morgan fingerprint density at radius 3 is 2.67 bits per heavy atom. The van der Waals surface area contributed by atoms with Gasteiger partial charge in [-0.3, -0.25) is 0 Å². The van der Waals surface area contributed by atoms with Crippen molar-refractivity contribution in [1.82, 2.24) is 0 Å². The van der Waals surface area contributed by atoms with E-state index in [2.05, 4.69) is 0 Å². The highest BCUT2D eigenvalue weighted by molar-refractivity contribution is 8.13. The van der Waals surface area contributed by atoms with E-state index in [0.29, 0.717) is 13.2 Å². The molecular weight excluding hydrogens is 292 g/mol. The second kappa shape index (κ2) is 5.90. The quantitative estimate of drug-likeness (QED) is 0.757. The van der Waals surface area contributed by atoms with E-state index in [0.717, 1.165) is 30.6 Å². The van der Waals surface area contributed by atoms with E-state index >= 15 is 0 Å². The summed E-state index contributed by atoms with van der Waals surface area (Å²) in [6.45, 7) is 1.04. The summed E-state index contributed by atoms with van der Waals surface area (Å²) < 4.78 is 28.3. The third kappa shape index (κ3) is 4.23. The largest absolute Gasteiger partial charge is 0.375 e. The van der Waals surface area contributed by atoms with Gasteiger partial charge in [0.1, 0.15) is 0 Å². The number of hydrogen-bond acceptors (Lipinski definition) is 4. The molecule has 1 aromatic heterocycles. The zero-order chi connectivity index (χ0) is 13.1. The Morgan fingerprint density at radius 2 is 2.11 bits per heavy atom. The van der Waals surface area contributed by atoms with E-state index in [9.17, 15) is 8.42 Å². The first-order chi connectivity index (χ1) is 8.49. The molecule has 1 heterocycles. The molecule has 0 aliphatic heterocycles. The Kier molecular flexibility index (Phi) is 4.69. The average Bonchev–Trinajstić information content (AvgIpc) is 2.87. The lowest BCUT2D eigenvalue weighted by Gasteiger charge is -2.26. The van der Waals surface area contributed by atoms with Gasteiger partial charge < -0.3 is 4.74 Å². The van der Waals surface area contributed by atoms with Crippen molar-refractivity contribution in [2.45, 2.75) is 32.3 Å². The fraction of sp³-hybridized carbons (Fsp3) is 0.667. The molecular formula is C12H17ClO3S2. The maximum Gasteiger partial charge on any atom is 0.233 e. The van der Waals surface area contributed by atoms with Crippen molar-refractivity contribution in [2.75, 3.05) is 12.4 Å². The second-order valence-electron chi connectivity index (χ2n) is 4.96. The van der Waals surface area contributed by atoms with Gasteiger partial charge in [-0.05, 0) is 24.3 Å². The molecule has 1 aromatic rings. The van der Waals surface area contributed by atoms with Gasteiger partial charge in [-0.15, -0.1) is 11.3 Å². The Morgan fingerprint density at radius 1 is 1.39 bits per heavy atom. The molecule has 3 nitrogen and oxygen atoms in total. The highest BCUT2D eigenvalue weighted by atomic mass is 35.7. The van der Waals surface area contributed by atoms with Crippen LogP contribution in [0.4, 0.5) is 0 Å². The van der Waals surface area contributed by atoms with Gasteiger partial charge in [0.2, 0.25) is 9.05 Å². The summed E-state index contributed by atoms with van der Waals surface area (Å²) >= 11 is 1.65. The first kappa shape index (κ1) is 14.3. The van der Waals surface area contributed by atoms with Crippen LogP contribution in [0.15, 0.2) is 17.5 Å². The number of halogens is 1. The summed E-state index contributed by atoms with van der Waals surface area (Å²) in [5.41, 5.74) is -0.266. The van der Waals surface area contributed by atoms with Crippen molar-refractivity contribution in [3.05, 3.63) is 22.4 Å². The molecule has 0 saturated heterocycles. The zero-order valence-electron chi connectivity index (χ0n) is 10.1. The minimum absolute atomic E-state index is 0.0337. The molecule has 1 fully saturated rings. The second-order valence-corrected chi connectivity index (χ2v) is 8.77. The van der Waals surface area contributed by atoms with Crippen LogP contribution in [0.25, 0.3) is 0 Å². The van der Waals surface area contributed by atoms with Crippen molar-refractivity contribution in [3.63, 3.8) is 0 Å². The Balaban J connectivity index is 1.90. The SMILES string of the molecule is O=S(=O)(Cl)CC1(COCc2cccs2)CCCC1. The predicted molar refractivity (Wildman–Crippen MR) is 74.5 cm³/mol. The van der Waals surface area contributed by atoms with Gasteiger partial charge in [-0.1, -0.05) is 18.9 Å². The lowest BCUT2D eigenvalue weighted by atomic mass is 9.90. The van der Waals surface area contributed by atoms with Crippen LogP contribution < -0.4 is 0 Å². The van der Waals surface area contributed by atoms with Crippen LogP contribution in [-0.2, 0) is 20.4 Å². The topological polar surface area (TPSA) is 43.4 Å². The Labute approximate surface area is 117 Å². The van der Waals surface area contributed by atoms with Gasteiger partial charge >= 0.3 is 0 Å². The standard InChI is InChI=1S/C12H17ClO3S2/c13-18(14,15)10-12(5-1-2-6-12)9-16-8-11-4-3-7-17-11/h3-4,7H,1-2,5-6,8-10H2. The molecule has 0 unspecified atom stereocenters. The molecule has 1 aliphatic carbocycles. The maximum atomic E-state index is 11.3. The smallest absolute Gasteiger partial charge is 0.233 e. The molecule has 6 heteroatoms. The Bertz CT molecular complexity index is 462. The van der Waals surface area contributed by atoms with Crippen LogP contribution in [0, 0.1) is 5.41 Å². The maximum absolute atomic E-state index is 11.3. The van der Waals surface area contributed by atoms with Crippen LogP contribution >= 0.6 is 22.0 Å². The number of rotatable bonds is 6. The van der Waals surface area contributed by atoms with Gasteiger partial charge in [-0.2, -0.15) is 0 Å². The molecule has 0 aromatic carbocycles. The van der Waals surface area contributed by atoms with Gasteiger partial charge in [0.05, 0.1) is 19.0 Å². The van der Waals surface area contributed by atoms with Crippen LogP contribution in [0.1, 0.15) is 30.6 Å². The third-order valence-corrected chi connectivity index (χ3v) is 5.51. The van der Waals surface area contributed by atoms with Gasteiger partial charge in [0, 0.05) is 21.0 Å². The normalized spacial score (nSPS) is 19.2. The first-order valence-electron chi connectivity index (χ1n) is 6.02. The van der Waals surface area contributed by atoms with Gasteiger partial charge in [0.25, 0.3) is 0 Å². The minimum atomic E-state index is -3.46. The van der Waals surface area contributed by atoms with Gasteiger partial charge in [0.15, 0.2) is 0 Å². The van der Waals surface area contributed by atoms with Gasteiger partial charge in [-0.25, -0.2) is 8.42 Å². The van der Waals surface area contributed by atoms with E-state index < -0.39 is 9.05 Å².